The van der Waals surface area contributed by atoms with Crippen LogP contribution in [0.4, 0.5) is 11.4 Å². The van der Waals surface area contributed by atoms with E-state index >= 15 is 0 Å². The first kappa shape index (κ1) is 21.1. The summed E-state index contributed by atoms with van der Waals surface area (Å²) in [4.78, 5) is 25.7. The van der Waals surface area contributed by atoms with Crippen LogP contribution in [0.3, 0.4) is 0 Å². The van der Waals surface area contributed by atoms with Crippen molar-refractivity contribution >= 4 is 29.1 Å². The van der Waals surface area contributed by atoms with Crippen LogP contribution < -0.4 is 9.64 Å². The van der Waals surface area contributed by atoms with Crippen molar-refractivity contribution in [1.29, 1.82) is 0 Å². The van der Waals surface area contributed by atoms with Crippen LogP contribution in [0.25, 0.3) is 11.8 Å². The third-order valence-corrected chi connectivity index (χ3v) is 5.16. The molecule has 1 aliphatic heterocycles. The Balaban J connectivity index is 1.81. The Hall–Kier alpha value is -4.19. The van der Waals surface area contributed by atoms with Crippen molar-refractivity contribution in [2.75, 3.05) is 11.5 Å². The molecule has 6 nitrogen and oxygen atoms in total. The highest BCUT2D eigenvalue weighted by Crippen LogP contribution is 2.39. The zero-order valence-corrected chi connectivity index (χ0v) is 17.8. The molecule has 3 aromatic rings. The van der Waals surface area contributed by atoms with E-state index in [9.17, 15) is 14.9 Å². The normalized spacial score (nSPS) is 14.6. The minimum atomic E-state index is -0.445. The van der Waals surface area contributed by atoms with Crippen molar-refractivity contribution < 1.29 is 14.5 Å². The lowest BCUT2D eigenvalue weighted by Crippen LogP contribution is -2.25. The number of hydrogen-bond acceptors (Lipinski definition) is 4. The number of para-hydroxylation sites is 2. The monoisotopic (exact) mass is 426 g/mol. The zero-order chi connectivity index (χ0) is 22.7. The van der Waals surface area contributed by atoms with Crippen LogP contribution in [0.5, 0.6) is 5.75 Å². The fourth-order valence-electron chi connectivity index (χ4n) is 3.58. The second kappa shape index (κ2) is 8.89. The van der Waals surface area contributed by atoms with E-state index in [2.05, 4.69) is 0 Å². The van der Waals surface area contributed by atoms with E-state index in [1.54, 1.807) is 23.1 Å². The van der Waals surface area contributed by atoms with Gasteiger partial charge in [-0.25, -0.2) is 0 Å². The molecule has 0 fully saturated rings. The lowest BCUT2D eigenvalue weighted by Gasteiger charge is -2.23. The molecule has 3 aromatic carbocycles. The summed E-state index contributed by atoms with van der Waals surface area (Å²) in [5.41, 5.74) is 4.64. The first-order valence-electron chi connectivity index (χ1n) is 10.3. The van der Waals surface area contributed by atoms with E-state index in [-0.39, 0.29) is 11.6 Å². The fourth-order valence-corrected chi connectivity index (χ4v) is 3.58. The van der Waals surface area contributed by atoms with Gasteiger partial charge in [-0.3, -0.25) is 19.8 Å². The lowest BCUT2D eigenvalue weighted by atomic mass is 10.1. The highest BCUT2D eigenvalue weighted by Gasteiger charge is 2.32. The predicted molar refractivity (Wildman–Crippen MR) is 125 cm³/mol. The first-order valence-corrected chi connectivity index (χ1v) is 10.3. The Labute approximate surface area is 186 Å². The number of anilines is 1. The van der Waals surface area contributed by atoms with E-state index in [0.717, 1.165) is 16.8 Å². The molecule has 4 rings (SSSR count). The lowest BCUT2D eigenvalue weighted by molar-refractivity contribution is -0.384. The molecule has 6 heteroatoms. The molecule has 0 aliphatic carbocycles. The van der Waals surface area contributed by atoms with Gasteiger partial charge in [-0.1, -0.05) is 42.0 Å². The molecule has 0 atom stereocenters. The Bertz CT molecular complexity index is 1230. The zero-order valence-electron chi connectivity index (χ0n) is 17.8. The summed E-state index contributed by atoms with van der Waals surface area (Å²) in [6.07, 6.45) is 3.58. The van der Waals surface area contributed by atoms with Crippen molar-refractivity contribution in [1.82, 2.24) is 0 Å². The van der Waals surface area contributed by atoms with Crippen LogP contribution in [0, 0.1) is 17.0 Å². The smallest absolute Gasteiger partial charge is 0.269 e. The molecule has 0 aromatic heterocycles. The third-order valence-electron chi connectivity index (χ3n) is 5.16. The van der Waals surface area contributed by atoms with Gasteiger partial charge in [-0.2, -0.15) is 0 Å². The molecule has 1 aliphatic rings. The summed E-state index contributed by atoms with van der Waals surface area (Å²) in [5.74, 6) is 0.434. The van der Waals surface area contributed by atoms with Gasteiger partial charge in [0, 0.05) is 17.7 Å². The minimum absolute atomic E-state index is 0.00746. The van der Waals surface area contributed by atoms with E-state index in [1.165, 1.54) is 12.1 Å². The summed E-state index contributed by atoms with van der Waals surface area (Å²) in [7, 11) is 0. The van der Waals surface area contributed by atoms with Gasteiger partial charge in [0.2, 0.25) is 0 Å². The Kier molecular flexibility index (Phi) is 5.85. The van der Waals surface area contributed by atoms with E-state index in [0.29, 0.717) is 29.2 Å². The van der Waals surface area contributed by atoms with Crippen molar-refractivity contribution in [2.24, 2.45) is 0 Å². The van der Waals surface area contributed by atoms with Crippen LogP contribution in [-0.4, -0.2) is 17.4 Å². The molecule has 0 radical (unpaired) electrons. The molecule has 1 heterocycles. The number of carbonyl (C=O) groups excluding carboxylic acids is 1. The average Bonchev–Trinajstić information content (AvgIpc) is 3.11. The molecule has 0 saturated carbocycles. The Morgan fingerprint density at radius 2 is 1.69 bits per heavy atom. The van der Waals surface area contributed by atoms with Gasteiger partial charge in [-0.15, -0.1) is 0 Å². The second-order valence-electron chi connectivity index (χ2n) is 7.39. The van der Waals surface area contributed by atoms with Crippen molar-refractivity contribution in [3.8, 4) is 5.75 Å². The minimum Gasteiger partial charge on any atom is -0.492 e. The maximum absolute atomic E-state index is 13.5. The maximum Gasteiger partial charge on any atom is 0.269 e. The molecule has 32 heavy (non-hydrogen) atoms. The van der Waals surface area contributed by atoms with Gasteiger partial charge in [-0.05, 0) is 61.4 Å². The SMILES string of the molecule is CCOc1ccccc1N1C(=O)/C(=C/c2ccc([N+](=O)[O-])cc2)C=C1c1ccc(C)cc1. The van der Waals surface area contributed by atoms with Crippen LogP contribution in [0.2, 0.25) is 0 Å². The summed E-state index contributed by atoms with van der Waals surface area (Å²) in [5, 5.41) is 10.9. The first-order chi connectivity index (χ1) is 15.5. The van der Waals surface area contributed by atoms with Crippen LogP contribution in [0.15, 0.2) is 84.4 Å². The van der Waals surface area contributed by atoms with Gasteiger partial charge < -0.3 is 4.74 Å². The van der Waals surface area contributed by atoms with E-state index < -0.39 is 4.92 Å². The molecule has 160 valence electrons. The summed E-state index contributed by atoms with van der Waals surface area (Å²) < 4.78 is 5.79. The number of benzene rings is 3. The Morgan fingerprint density at radius 1 is 1.00 bits per heavy atom. The molecule has 0 N–H and O–H groups in total. The molecular weight excluding hydrogens is 404 g/mol. The number of nitro benzene ring substituents is 1. The largest absolute Gasteiger partial charge is 0.492 e. The van der Waals surface area contributed by atoms with E-state index in [1.807, 2.05) is 68.5 Å². The maximum atomic E-state index is 13.5. The quantitative estimate of drug-likeness (QED) is 0.285. The van der Waals surface area contributed by atoms with Crippen LogP contribution in [0.1, 0.15) is 23.6 Å². The summed E-state index contributed by atoms with van der Waals surface area (Å²) >= 11 is 0. The third kappa shape index (κ3) is 4.16. The van der Waals surface area contributed by atoms with Gasteiger partial charge in [0.05, 0.1) is 22.9 Å². The van der Waals surface area contributed by atoms with Crippen molar-refractivity contribution in [2.45, 2.75) is 13.8 Å². The molecule has 0 unspecified atom stereocenters. The average molecular weight is 426 g/mol. The molecule has 0 bridgehead atoms. The highest BCUT2D eigenvalue weighted by atomic mass is 16.6. The predicted octanol–water partition coefficient (Wildman–Crippen LogP) is 5.77. The van der Waals surface area contributed by atoms with Crippen LogP contribution >= 0.6 is 0 Å². The number of aryl methyl sites for hydroxylation is 1. The number of hydrogen-bond donors (Lipinski definition) is 0. The standard InChI is InChI=1S/C26H22N2O4/c1-3-32-25-7-5-4-6-23(25)27-24(20-12-8-18(2)9-13-20)17-21(26(27)29)16-19-10-14-22(15-11-19)28(30)31/h4-17H,3H2,1-2H3/b21-16+. The second-order valence-corrected chi connectivity index (χ2v) is 7.39. The van der Waals surface area contributed by atoms with Gasteiger partial charge in [0.25, 0.3) is 11.6 Å². The fraction of sp³-hybridized carbons (Fsp3) is 0.115. The number of nitro groups is 1. The Morgan fingerprint density at radius 3 is 2.34 bits per heavy atom. The molecule has 0 saturated heterocycles. The summed E-state index contributed by atoms with van der Waals surface area (Å²) in [6, 6.07) is 21.6. The number of nitrogens with zero attached hydrogens (tertiary/aromatic N) is 2. The molecular formula is C26H22N2O4. The number of ether oxygens (including phenoxy) is 1. The topological polar surface area (TPSA) is 72.7 Å². The van der Waals surface area contributed by atoms with Gasteiger partial charge in [0.15, 0.2) is 0 Å². The van der Waals surface area contributed by atoms with Gasteiger partial charge in [0.1, 0.15) is 5.75 Å². The van der Waals surface area contributed by atoms with E-state index in [4.69, 9.17) is 4.74 Å². The number of amides is 1. The number of carbonyl (C=O) groups is 1. The summed E-state index contributed by atoms with van der Waals surface area (Å²) in [6.45, 7) is 4.40. The molecule has 0 spiro atoms. The molecule has 1 amide bonds. The highest BCUT2D eigenvalue weighted by molar-refractivity contribution is 6.23. The number of non-ortho nitro benzene ring substituents is 1. The van der Waals surface area contributed by atoms with Crippen molar-refractivity contribution in [3.63, 3.8) is 0 Å². The van der Waals surface area contributed by atoms with Gasteiger partial charge >= 0.3 is 0 Å². The van der Waals surface area contributed by atoms with Crippen molar-refractivity contribution in [3.05, 3.63) is 111 Å². The van der Waals surface area contributed by atoms with Crippen LogP contribution in [-0.2, 0) is 4.79 Å². The number of rotatable bonds is 6.